The van der Waals surface area contributed by atoms with Gasteiger partial charge in [0.2, 0.25) is 0 Å². The molecule has 1 saturated carbocycles. The van der Waals surface area contributed by atoms with E-state index >= 15 is 0 Å². The van der Waals surface area contributed by atoms with Gasteiger partial charge in [0, 0.05) is 19.4 Å². The quantitative estimate of drug-likeness (QED) is 0.825. The molecule has 17 heavy (non-hydrogen) atoms. The number of pyridine rings is 1. The third-order valence-corrected chi connectivity index (χ3v) is 3.14. The summed E-state index contributed by atoms with van der Waals surface area (Å²) in [5.74, 6) is 0.415. The van der Waals surface area contributed by atoms with Crippen LogP contribution < -0.4 is 11.1 Å². The fraction of sp³-hybridized carbons (Fsp3) is 0.500. The number of nitrogens with two attached hydrogens (primary N) is 1. The number of rotatable bonds is 3. The Bertz CT molecular complexity index is 441. The Labute approximate surface area is 101 Å². The van der Waals surface area contributed by atoms with Gasteiger partial charge in [0.15, 0.2) is 0 Å². The monoisotopic (exact) mass is 232 g/mol. The molecule has 0 aliphatic heterocycles. The number of ether oxygens (including phenoxy) is 1. The molecule has 5 heteroatoms. The van der Waals surface area contributed by atoms with E-state index in [0.29, 0.717) is 11.4 Å². The van der Waals surface area contributed by atoms with Gasteiger partial charge in [-0.25, -0.2) is 4.98 Å². The van der Waals surface area contributed by atoms with Crippen LogP contribution in [0.2, 0.25) is 0 Å². The van der Waals surface area contributed by atoms with Crippen molar-refractivity contribution in [2.45, 2.75) is 31.4 Å². The SMILES string of the molecule is CO[C@H]1CCC[C@@H]1Nc1cc(N)ncc1C#N. The normalized spacial score (nSPS) is 23.3. The maximum Gasteiger partial charge on any atom is 0.125 e. The molecule has 5 nitrogen and oxygen atoms in total. The summed E-state index contributed by atoms with van der Waals surface area (Å²) in [4.78, 5) is 3.91. The number of nitrogens with one attached hydrogen (secondary N) is 1. The van der Waals surface area contributed by atoms with Crippen LogP contribution >= 0.6 is 0 Å². The van der Waals surface area contributed by atoms with Crippen molar-refractivity contribution in [2.24, 2.45) is 0 Å². The van der Waals surface area contributed by atoms with E-state index in [9.17, 15) is 0 Å². The lowest BCUT2D eigenvalue weighted by molar-refractivity contribution is 0.101. The van der Waals surface area contributed by atoms with Crippen molar-refractivity contribution >= 4 is 11.5 Å². The zero-order chi connectivity index (χ0) is 12.3. The van der Waals surface area contributed by atoms with Crippen molar-refractivity contribution in [2.75, 3.05) is 18.2 Å². The lowest BCUT2D eigenvalue weighted by Crippen LogP contribution is -2.30. The highest BCUT2D eigenvalue weighted by Gasteiger charge is 2.27. The number of anilines is 2. The molecule has 0 aromatic carbocycles. The highest BCUT2D eigenvalue weighted by atomic mass is 16.5. The number of aromatic nitrogens is 1. The van der Waals surface area contributed by atoms with Gasteiger partial charge in [-0.1, -0.05) is 0 Å². The second kappa shape index (κ2) is 5.02. The second-order valence-corrected chi connectivity index (χ2v) is 4.22. The summed E-state index contributed by atoms with van der Waals surface area (Å²) < 4.78 is 5.41. The number of nitrogens with zero attached hydrogens (tertiary/aromatic N) is 2. The van der Waals surface area contributed by atoms with E-state index in [1.165, 1.54) is 6.20 Å². The standard InChI is InChI=1S/C12H16N4O/c1-17-11-4-2-3-9(11)16-10-5-12(14)15-7-8(10)6-13/h5,7,9,11H,2-4H2,1H3,(H3,14,15,16)/t9-,11-/m0/s1. The van der Waals surface area contributed by atoms with Crippen molar-refractivity contribution in [3.05, 3.63) is 17.8 Å². The molecule has 0 saturated heterocycles. The minimum Gasteiger partial charge on any atom is -0.384 e. The predicted molar refractivity (Wildman–Crippen MR) is 65.4 cm³/mol. The summed E-state index contributed by atoms with van der Waals surface area (Å²) in [7, 11) is 1.72. The summed E-state index contributed by atoms with van der Waals surface area (Å²) in [5.41, 5.74) is 6.89. The van der Waals surface area contributed by atoms with Crippen molar-refractivity contribution in [1.82, 2.24) is 4.98 Å². The molecule has 1 aromatic heterocycles. The summed E-state index contributed by atoms with van der Waals surface area (Å²) in [6.45, 7) is 0. The molecule has 3 N–H and O–H groups in total. The van der Waals surface area contributed by atoms with E-state index < -0.39 is 0 Å². The third-order valence-electron chi connectivity index (χ3n) is 3.14. The zero-order valence-corrected chi connectivity index (χ0v) is 9.81. The maximum atomic E-state index is 9.00. The molecular formula is C12H16N4O. The summed E-state index contributed by atoms with van der Waals surface area (Å²) >= 11 is 0. The van der Waals surface area contributed by atoms with Crippen LogP contribution in [-0.4, -0.2) is 24.2 Å². The maximum absolute atomic E-state index is 9.00. The minimum absolute atomic E-state index is 0.205. The van der Waals surface area contributed by atoms with Gasteiger partial charge in [-0.05, 0) is 19.3 Å². The van der Waals surface area contributed by atoms with Crippen LogP contribution in [0.15, 0.2) is 12.3 Å². The zero-order valence-electron chi connectivity index (χ0n) is 9.81. The number of nitrogen functional groups attached to an aromatic ring is 1. The fourth-order valence-corrected chi connectivity index (χ4v) is 2.25. The van der Waals surface area contributed by atoms with E-state index in [1.54, 1.807) is 13.2 Å². The van der Waals surface area contributed by atoms with Crippen LogP contribution in [0.5, 0.6) is 0 Å². The molecule has 0 unspecified atom stereocenters. The average Bonchev–Trinajstić information content (AvgIpc) is 2.77. The topological polar surface area (TPSA) is 84.0 Å². The molecule has 1 aliphatic rings. The Morgan fingerprint density at radius 2 is 2.41 bits per heavy atom. The number of hydrogen-bond acceptors (Lipinski definition) is 5. The van der Waals surface area contributed by atoms with Gasteiger partial charge in [0.25, 0.3) is 0 Å². The molecule has 0 radical (unpaired) electrons. The Balaban J connectivity index is 2.18. The number of methoxy groups -OCH3 is 1. The van der Waals surface area contributed by atoms with Crippen molar-refractivity contribution in [3.63, 3.8) is 0 Å². The first kappa shape index (κ1) is 11.7. The van der Waals surface area contributed by atoms with Crippen LogP contribution in [0.1, 0.15) is 24.8 Å². The predicted octanol–water partition coefficient (Wildman–Crippen LogP) is 1.51. The number of nitriles is 1. The Morgan fingerprint density at radius 3 is 3.12 bits per heavy atom. The summed E-state index contributed by atoms with van der Waals surface area (Å²) in [6.07, 6.45) is 4.94. The first-order chi connectivity index (χ1) is 8.24. The first-order valence-corrected chi connectivity index (χ1v) is 5.69. The molecule has 1 heterocycles. The minimum atomic E-state index is 0.205. The molecule has 2 atom stereocenters. The average molecular weight is 232 g/mol. The van der Waals surface area contributed by atoms with Crippen LogP contribution in [-0.2, 0) is 4.74 Å². The fourth-order valence-electron chi connectivity index (χ4n) is 2.25. The van der Waals surface area contributed by atoms with Crippen molar-refractivity contribution in [3.8, 4) is 6.07 Å². The lowest BCUT2D eigenvalue weighted by Gasteiger charge is -2.21. The second-order valence-electron chi connectivity index (χ2n) is 4.22. The van der Waals surface area contributed by atoms with E-state index in [0.717, 1.165) is 24.9 Å². The van der Waals surface area contributed by atoms with Crippen LogP contribution in [0.25, 0.3) is 0 Å². The van der Waals surface area contributed by atoms with Gasteiger partial charge in [-0.2, -0.15) is 5.26 Å². The lowest BCUT2D eigenvalue weighted by atomic mass is 10.1. The Kier molecular flexibility index (Phi) is 3.45. The molecule has 90 valence electrons. The van der Waals surface area contributed by atoms with E-state index in [-0.39, 0.29) is 12.1 Å². The Hall–Kier alpha value is -1.80. The molecule has 0 amide bonds. The largest absolute Gasteiger partial charge is 0.384 e. The molecule has 0 spiro atoms. The van der Waals surface area contributed by atoms with Crippen molar-refractivity contribution < 1.29 is 4.74 Å². The van der Waals surface area contributed by atoms with Gasteiger partial charge in [0.1, 0.15) is 11.9 Å². The molecule has 2 rings (SSSR count). The van der Waals surface area contributed by atoms with Gasteiger partial charge in [0.05, 0.1) is 23.4 Å². The first-order valence-electron chi connectivity index (χ1n) is 5.69. The van der Waals surface area contributed by atoms with Gasteiger partial charge < -0.3 is 15.8 Å². The molecule has 0 bridgehead atoms. The summed E-state index contributed by atoms with van der Waals surface area (Å²) in [5, 5.41) is 12.3. The van der Waals surface area contributed by atoms with E-state index in [4.69, 9.17) is 15.7 Å². The molecular weight excluding hydrogens is 216 g/mol. The van der Waals surface area contributed by atoms with Crippen LogP contribution in [0.4, 0.5) is 11.5 Å². The van der Waals surface area contributed by atoms with Gasteiger partial charge >= 0.3 is 0 Å². The smallest absolute Gasteiger partial charge is 0.125 e. The summed E-state index contributed by atoms with van der Waals surface area (Å²) in [6, 6.07) is 4.05. The third kappa shape index (κ3) is 2.48. The highest BCUT2D eigenvalue weighted by Crippen LogP contribution is 2.26. The number of hydrogen-bond donors (Lipinski definition) is 2. The van der Waals surface area contributed by atoms with E-state index in [1.807, 2.05) is 0 Å². The van der Waals surface area contributed by atoms with Crippen LogP contribution in [0.3, 0.4) is 0 Å². The molecule has 1 aromatic rings. The Morgan fingerprint density at radius 1 is 1.59 bits per heavy atom. The molecule has 1 aliphatic carbocycles. The van der Waals surface area contributed by atoms with E-state index in [2.05, 4.69) is 16.4 Å². The molecule has 1 fully saturated rings. The van der Waals surface area contributed by atoms with Crippen molar-refractivity contribution in [1.29, 1.82) is 5.26 Å². The van der Waals surface area contributed by atoms with Crippen LogP contribution in [0, 0.1) is 11.3 Å². The van der Waals surface area contributed by atoms with Gasteiger partial charge in [-0.15, -0.1) is 0 Å². The van der Waals surface area contributed by atoms with Gasteiger partial charge in [-0.3, -0.25) is 0 Å². The highest BCUT2D eigenvalue weighted by molar-refractivity contribution is 5.61.